The zero-order chi connectivity index (χ0) is 27.5. The van der Waals surface area contributed by atoms with Gasteiger partial charge in [0.1, 0.15) is 6.04 Å². The Labute approximate surface area is 226 Å². The van der Waals surface area contributed by atoms with Crippen LogP contribution in [0.4, 0.5) is 23.0 Å². The maximum absolute atomic E-state index is 13.6. The fourth-order valence-electron chi connectivity index (χ4n) is 4.87. The highest BCUT2D eigenvalue weighted by atomic mass is 16.6. The highest BCUT2D eigenvalue weighted by molar-refractivity contribution is 6.06. The summed E-state index contributed by atoms with van der Waals surface area (Å²) in [6.07, 6.45) is 0. The molecule has 0 bridgehead atoms. The van der Waals surface area contributed by atoms with Crippen molar-refractivity contribution in [2.24, 2.45) is 0 Å². The molecule has 10 heteroatoms. The van der Waals surface area contributed by atoms with Crippen molar-refractivity contribution in [2.45, 2.75) is 26.8 Å². The molecule has 4 aromatic rings. The van der Waals surface area contributed by atoms with Crippen molar-refractivity contribution >= 4 is 28.9 Å². The van der Waals surface area contributed by atoms with E-state index in [1.165, 1.54) is 6.07 Å². The molecule has 0 radical (unpaired) electrons. The van der Waals surface area contributed by atoms with E-state index in [9.17, 15) is 14.9 Å². The predicted molar refractivity (Wildman–Crippen MR) is 152 cm³/mol. The summed E-state index contributed by atoms with van der Waals surface area (Å²) in [5.74, 6) is 0.458. The van der Waals surface area contributed by atoms with E-state index in [4.69, 9.17) is 10.1 Å². The van der Waals surface area contributed by atoms with Crippen LogP contribution in [0.3, 0.4) is 0 Å². The van der Waals surface area contributed by atoms with Crippen LogP contribution in [-0.4, -0.2) is 38.7 Å². The summed E-state index contributed by atoms with van der Waals surface area (Å²) in [4.78, 5) is 32.2. The van der Waals surface area contributed by atoms with Gasteiger partial charge in [0.25, 0.3) is 11.6 Å². The van der Waals surface area contributed by atoms with Crippen LogP contribution in [0, 0.1) is 10.1 Å². The summed E-state index contributed by atoms with van der Waals surface area (Å²) >= 11 is 0. The number of nitrogens with one attached hydrogen (secondary N) is 2. The number of carbonyl (C=O) groups is 1. The third-order valence-corrected chi connectivity index (χ3v) is 6.81. The number of nitrogens with zero attached hydrogens (tertiary/aromatic N) is 5. The molecular formula is C29H29N7O3. The fourth-order valence-corrected chi connectivity index (χ4v) is 4.87. The van der Waals surface area contributed by atoms with Crippen LogP contribution in [0.15, 0.2) is 90.1 Å². The lowest BCUT2D eigenvalue weighted by molar-refractivity contribution is -0.385. The minimum Gasteiger partial charge on any atom is -0.372 e. The lowest BCUT2D eigenvalue weighted by Gasteiger charge is -2.28. The number of nitro benzene ring substituents is 1. The normalized spacial score (nSPS) is 14.4. The molecule has 5 rings (SSSR count). The van der Waals surface area contributed by atoms with Gasteiger partial charge in [-0.3, -0.25) is 14.9 Å². The van der Waals surface area contributed by atoms with Gasteiger partial charge in [-0.2, -0.15) is 4.98 Å². The number of carbonyl (C=O) groups excluding carboxylic acids is 1. The second-order valence-corrected chi connectivity index (χ2v) is 9.13. The maximum Gasteiger partial charge on any atom is 0.275 e. The van der Waals surface area contributed by atoms with Crippen molar-refractivity contribution in [1.29, 1.82) is 0 Å². The molecule has 0 fully saturated rings. The topological polar surface area (TPSA) is 118 Å². The van der Waals surface area contributed by atoms with E-state index in [2.05, 4.69) is 29.4 Å². The van der Waals surface area contributed by atoms with E-state index in [1.807, 2.05) is 42.5 Å². The molecule has 3 aromatic carbocycles. The van der Waals surface area contributed by atoms with Crippen molar-refractivity contribution < 1.29 is 9.72 Å². The number of nitro groups is 1. The molecule has 1 aliphatic rings. The molecule has 1 aliphatic heterocycles. The monoisotopic (exact) mass is 523 g/mol. The molecule has 2 heterocycles. The molecule has 0 saturated carbocycles. The summed E-state index contributed by atoms with van der Waals surface area (Å²) in [5.41, 5.74) is 3.60. The first-order valence-electron chi connectivity index (χ1n) is 12.8. The van der Waals surface area contributed by atoms with E-state index in [1.54, 1.807) is 41.9 Å². The minimum absolute atomic E-state index is 0.103. The number of hydrogen-bond acceptors (Lipinski definition) is 7. The SMILES string of the molecule is CCN(CC)c1ccc(-c2nc3n(n2)C(c2ccccc2[N+](=O)[O-])C(C(=O)Nc2ccccc2)=C(C)N3)cc1. The molecule has 1 atom stereocenters. The van der Waals surface area contributed by atoms with Crippen LogP contribution < -0.4 is 15.5 Å². The first-order chi connectivity index (χ1) is 18.9. The van der Waals surface area contributed by atoms with Gasteiger partial charge in [-0.25, -0.2) is 4.68 Å². The number of fused-ring (bicyclic) bond motifs is 1. The number of amides is 1. The molecule has 0 spiro atoms. The Hall–Kier alpha value is -4.99. The summed E-state index contributed by atoms with van der Waals surface area (Å²) < 4.78 is 1.56. The summed E-state index contributed by atoms with van der Waals surface area (Å²) in [7, 11) is 0. The Morgan fingerprint density at radius 2 is 1.69 bits per heavy atom. The number of para-hydroxylation sites is 2. The minimum atomic E-state index is -0.872. The molecule has 1 amide bonds. The number of anilines is 3. The Morgan fingerprint density at radius 3 is 2.36 bits per heavy atom. The molecule has 10 nitrogen and oxygen atoms in total. The third kappa shape index (κ3) is 4.96. The number of rotatable bonds is 8. The smallest absolute Gasteiger partial charge is 0.275 e. The van der Waals surface area contributed by atoms with Gasteiger partial charge in [0.15, 0.2) is 5.82 Å². The molecule has 2 N–H and O–H groups in total. The highest BCUT2D eigenvalue weighted by Crippen LogP contribution is 2.40. The molecule has 39 heavy (non-hydrogen) atoms. The van der Waals surface area contributed by atoms with Crippen LogP contribution in [0.2, 0.25) is 0 Å². The van der Waals surface area contributed by atoms with Gasteiger partial charge in [0.05, 0.1) is 16.1 Å². The summed E-state index contributed by atoms with van der Waals surface area (Å²) in [5, 5.41) is 22.9. The number of aromatic nitrogens is 3. The van der Waals surface area contributed by atoms with Crippen molar-refractivity contribution in [3.63, 3.8) is 0 Å². The largest absolute Gasteiger partial charge is 0.372 e. The van der Waals surface area contributed by atoms with Gasteiger partial charge < -0.3 is 15.5 Å². The Kier molecular flexibility index (Phi) is 7.09. The fraction of sp³-hybridized carbons (Fsp3) is 0.207. The summed E-state index contributed by atoms with van der Waals surface area (Å²) in [6, 6.07) is 22.6. The van der Waals surface area contributed by atoms with Crippen molar-refractivity contribution in [1.82, 2.24) is 14.8 Å². The van der Waals surface area contributed by atoms with E-state index >= 15 is 0 Å². The predicted octanol–water partition coefficient (Wildman–Crippen LogP) is 5.63. The van der Waals surface area contributed by atoms with Crippen LogP contribution in [0.1, 0.15) is 32.4 Å². The third-order valence-electron chi connectivity index (χ3n) is 6.81. The number of hydrogen-bond donors (Lipinski definition) is 2. The molecule has 198 valence electrons. The Balaban J connectivity index is 1.60. The lowest BCUT2D eigenvalue weighted by Crippen LogP contribution is -2.31. The van der Waals surface area contributed by atoms with E-state index in [-0.39, 0.29) is 11.6 Å². The van der Waals surface area contributed by atoms with Gasteiger partial charge in [0, 0.05) is 41.8 Å². The van der Waals surface area contributed by atoms with Crippen LogP contribution in [0.5, 0.6) is 0 Å². The van der Waals surface area contributed by atoms with Gasteiger partial charge in [-0.05, 0) is 63.2 Å². The van der Waals surface area contributed by atoms with Crippen LogP contribution in [0.25, 0.3) is 11.4 Å². The Morgan fingerprint density at radius 1 is 1.03 bits per heavy atom. The van der Waals surface area contributed by atoms with Crippen molar-refractivity contribution in [3.8, 4) is 11.4 Å². The molecule has 0 aliphatic carbocycles. The number of allylic oxidation sites excluding steroid dienone is 1. The van der Waals surface area contributed by atoms with E-state index in [0.29, 0.717) is 34.3 Å². The first-order valence-corrected chi connectivity index (χ1v) is 12.8. The van der Waals surface area contributed by atoms with Gasteiger partial charge in [-0.15, -0.1) is 5.10 Å². The first kappa shape index (κ1) is 25.7. The number of benzene rings is 3. The lowest BCUT2D eigenvalue weighted by atomic mass is 9.93. The highest BCUT2D eigenvalue weighted by Gasteiger charge is 2.37. The van der Waals surface area contributed by atoms with Gasteiger partial charge in [-0.1, -0.05) is 30.3 Å². The quantitative estimate of drug-likeness (QED) is 0.227. The second-order valence-electron chi connectivity index (χ2n) is 9.13. The molecule has 0 saturated heterocycles. The Bertz CT molecular complexity index is 1540. The van der Waals surface area contributed by atoms with Gasteiger partial charge >= 0.3 is 0 Å². The van der Waals surface area contributed by atoms with Crippen molar-refractivity contribution in [3.05, 3.63) is 106 Å². The van der Waals surface area contributed by atoms with Crippen molar-refractivity contribution in [2.75, 3.05) is 28.6 Å². The summed E-state index contributed by atoms with van der Waals surface area (Å²) in [6.45, 7) is 7.77. The molecule has 1 unspecified atom stereocenters. The van der Waals surface area contributed by atoms with E-state index < -0.39 is 11.0 Å². The van der Waals surface area contributed by atoms with Crippen LogP contribution >= 0.6 is 0 Å². The zero-order valence-electron chi connectivity index (χ0n) is 22.0. The zero-order valence-corrected chi connectivity index (χ0v) is 22.0. The van der Waals surface area contributed by atoms with Crippen LogP contribution in [-0.2, 0) is 4.79 Å². The molecular weight excluding hydrogens is 494 g/mol. The standard InChI is InChI=1S/C29H29N7O3/c1-4-34(5-2)22-17-15-20(16-18-22)27-32-29-30-19(3)25(28(37)31-21-11-7-6-8-12-21)26(35(29)33-27)23-13-9-10-14-24(23)36(38)39/h6-18,26H,4-5H2,1-3H3,(H,31,37)(H,30,32,33). The average molecular weight is 524 g/mol. The maximum atomic E-state index is 13.6. The van der Waals surface area contributed by atoms with E-state index in [0.717, 1.165) is 24.3 Å². The average Bonchev–Trinajstić information content (AvgIpc) is 3.37. The second kappa shape index (κ2) is 10.8. The van der Waals surface area contributed by atoms with Gasteiger partial charge in [0.2, 0.25) is 5.95 Å². The molecule has 1 aromatic heterocycles.